The fourth-order valence-corrected chi connectivity index (χ4v) is 2.59. The largest absolute Gasteiger partial charge is 0.487 e. The van der Waals surface area contributed by atoms with Crippen LogP contribution in [0.15, 0.2) is 48.8 Å². The quantitative estimate of drug-likeness (QED) is 0.709. The Morgan fingerprint density at radius 3 is 2.48 bits per heavy atom. The minimum atomic E-state index is -0.190. The second kappa shape index (κ2) is 10.3. The summed E-state index contributed by atoms with van der Waals surface area (Å²) in [4.78, 5) is 28.1. The molecule has 1 aromatic carbocycles. The van der Waals surface area contributed by atoms with Crippen molar-refractivity contribution >= 4 is 17.5 Å². The van der Waals surface area contributed by atoms with Crippen LogP contribution in [0.25, 0.3) is 0 Å². The third kappa shape index (κ3) is 7.09. The van der Waals surface area contributed by atoms with Gasteiger partial charge < -0.3 is 15.4 Å². The Hall–Kier alpha value is -2.89. The minimum Gasteiger partial charge on any atom is -0.487 e. The number of nitrogens with one attached hydrogen (secondary N) is 2. The predicted octanol–water partition coefficient (Wildman–Crippen LogP) is 3.51. The number of hydrogen-bond donors (Lipinski definition) is 2. The average Bonchev–Trinajstić information content (AvgIpc) is 2.66. The molecule has 2 rings (SSSR count). The SMILES string of the molecule is CC(CNC(=O)CCC(=O)Nc1ccccc1C(C)C)Oc1cccnc1. The van der Waals surface area contributed by atoms with Crippen LogP contribution in [0.4, 0.5) is 5.69 Å². The van der Waals surface area contributed by atoms with Gasteiger partial charge in [-0.25, -0.2) is 0 Å². The van der Waals surface area contributed by atoms with Crippen LogP contribution in [-0.4, -0.2) is 29.4 Å². The van der Waals surface area contributed by atoms with Crippen LogP contribution >= 0.6 is 0 Å². The smallest absolute Gasteiger partial charge is 0.224 e. The Morgan fingerprint density at radius 1 is 1.04 bits per heavy atom. The van der Waals surface area contributed by atoms with Crippen LogP contribution < -0.4 is 15.4 Å². The number of pyridine rings is 1. The highest BCUT2D eigenvalue weighted by Gasteiger charge is 2.12. The van der Waals surface area contributed by atoms with Gasteiger partial charge in [-0.3, -0.25) is 14.6 Å². The van der Waals surface area contributed by atoms with Gasteiger partial charge in [0.15, 0.2) is 0 Å². The zero-order valence-electron chi connectivity index (χ0n) is 16.1. The van der Waals surface area contributed by atoms with E-state index >= 15 is 0 Å². The van der Waals surface area contributed by atoms with Gasteiger partial charge in [0.25, 0.3) is 0 Å². The molecule has 6 heteroatoms. The topological polar surface area (TPSA) is 80.3 Å². The van der Waals surface area contributed by atoms with Crippen molar-refractivity contribution in [2.75, 3.05) is 11.9 Å². The summed E-state index contributed by atoms with van der Waals surface area (Å²) in [7, 11) is 0. The molecule has 0 aliphatic rings. The van der Waals surface area contributed by atoms with Gasteiger partial charge in [-0.2, -0.15) is 0 Å². The number of hydrogen-bond acceptors (Lipinski definition) is 4. The summed E-state index contributed by atoms with van der Waals surface area (Å²) in [5, 5.41) is 5.68. The first-order valence-corrected chi connectivity index (χ1v) is 9.18. The summed E-state index contributed by atoms with van der Waals surface area (Å²) in [6.07, 6.45) is 3.37. The van der Waals surface area contributed by atoms with Crippen molar-refractivity contribution in [3.05, 3.63) is 54.4 Å². The molecule has 0 fully saturated rings. The maximum absolute atomic E-state index is 12.1. The van der Waals surface area contributed by atoms with Gasteiger partial charge in [0.05, 0.1) is 12.7 Å². The maximum atomic E-state index is 12.1. The van der Waals surface area contributed by atoms with E-state index in [1.54, 1.807) is 18.5 Å². The Labute approximate surface area is 160 Å². The lowest BCUT2D eigenvalue weighted by Crippen LogP contribution is -2.34. The van der Waals surface area contributed by atoms with Gasteiger partial charge in [0.1, 0.15) is 11.9 Å². The first kappa shape index (κ1) is 20.4. The number of aromatic nitrogens is 1. The first-order valence-electron chi connectivity index (χ1n) is 9.18. The molecule has 144 valence electrons. The van der Waals surface area contributed by atoms with Crippen molar-refractivity contribution in [2.24, 2.45) is 0 Å². The number of nitrogens with zero attached hydrogens (tertiary/aromatic N) is 1. The lowest BCUT2D eigenvalue weighted by Gasteiger charge is -2.15. The second-order valence-corrected chi connectivity index (χ2v) is 6.71. The van der Waals surface area contributed by atoms with Gasteiger partial charge in [-0.15, -0.1) is 0 Å². The monoisotopic (exact) mass is 369 g/mol. The van der Waals surface area contributed by atoms with Gasteiger partial charge in [-0.1, -0.05) is 32.0 Å². The number of carbonyl (C=O) groups excluding carboxylic acids is 2. The molecule has 0 saturated heterocycles. The lowest BCUT2D eigenvalue weighted by molar-refractivity contribution is -0.124. The molecule has 0 aliphatic heterocycles. The minimum absolute atomic E-state index is 0.134. The molecule has 0 radical (unpaired) electrons. The molecule has 0 aliphatic carbocycles. The van der Waals surface area contributed by atoms with Crippen molar-refractivity contribution in [1.82, 2.24) is 10.3 Å². The Kier molecular flexibility index (Phi) is 7.79. The molecule has 0 bridgehead atoms. The van der Waals surface area contributed by atoms with E-state index in [1.165, 1.54) is 0 Å². The number of ether oxygens (including phenoxy) is 1. The molecule has 2 N–H and O–H groups in total. The molecule has 27 heavy (non-hydrogen) atoms. The number of rotatable bonds is 9. The lowest BCUT2D eigenvalue weighted by atomic mass is 10.0. The van der Waals surface area contributed by atoms with Crippen molar-refractivity contribution in [3.63, 3.8) is 0 Å². The summed E-state index contributed by atoms with van der Waals surface area (Å²) < 4.78 is 5.65. The zero-order chi connectivity index (χ0) is 19.6. The molecule has 1 unspecified atom stereocenters. The molecule has 1 aromatic heterocycles. The van der Waals surface area contributed by atoms with Crippen LogP contribution in [0.2, 0.25) is 0 Å². The molecular formula is C21H27N3O3. The number of para-hydroxylation sites is 1. The highest BCUT2D eigenvalue weighted by Crippen LogP contribution is 2.23. The summed E-state index contributed by atoms with van der Waals surface area (Å²) in [5.41, 5.74) is 1.88. The van der Waals surface area contributed by atoms with Gasteiger partial charge >= 0.3 is 0 Å². The molecule has 1 heterocycles. The molecule has 1 atom stereocenters. The third-order valence-electron chi connectivity index (χ3n) is 3.99. The number of benzene rings is 1. The highest BCUT2D eigenvalue weighted by molar-refractivity contribution is 5.93. The van der Waals surface area contributed by atoms with Gasteiger partial charge in [0, 0.05) is 24.7 Å². The van der Waals surface area contributed by atoms with Crippen LogP contribution in [-0.2, 0) is 9.59 Å². The highest BCUT2D eigenvalue weighted by atomic mass is 16.5. The first-order chi connectivity index (χ1) is 13.0. The standard InChI is InChI=1S/C21H27N3O3/c1-15(2)18-8-4-5-9-19(18)24-21(26)11-10-20(25)23-13-16(3)27-17-7-6-12-22-14-17/h4-9,12,14-16H,10-11,13H2,1-3H3,(H,23,25)(H,24,26). The molecule has 6 nitrogen and oxygen atoms in total. The van der Waals surface area contributed by atoms with Crippen LogP contribution in [0.1, 0.15) is 45.1 Å². The van der Waals surface area contributed by atoms with Crippen molar-refractivity contribution in [1.29, 1.82) is 0 Å². The van der Waals surface area contributed by atoms with E-state index in [0.717, 1.165) is 11.3 Å². The summed E-state index contributed by atoms with van der Waals surface area (Å²) in [6.45, 7) is 6.38. The summed E-state index contributed by atoms with van der Waals surface area (Å²) in [5.74, 6) is 0.621. The molecule has 0 saturated carbocycles. The van der Waals surface area contributed by atoms with Crippen LogP contribution in [0.3, 0.4) is 0 Å². The van der Waals surface area contributed by atoms with Crippen LogP contribution in [0, 0.1) is 0 Å². The van der Waals surface area contributed by atoms with Crippen molar-refractivity contribution in [3.8, 4) is 5.75 Å². The van der Waals surface area contributed by atoms with E-state index < -0.39 is 0 Å². The van der Waals surface area contributed by atoms with E-state index in [0.29, 0.717) is 18.2 Å². The normalized spacial score (nSPS) is 11.7. The molecule has 2 aromatic rings. The fourth-order valence-electron chi connectivity index (χ4n) is 2.59. The van der Waals surface area contributed by atoms with E-state index in [9.17, 15) is 9.59 Å². The third-order valence-corrected chi connectivity index (χ3v) is 3.99. The molecule has 0 spiro atoms. The molecule has 2 amide bonds. The van der Waals surface area contributed by atoms with E-state index in [1.807, 2.05) is 37.3 Å². The van der Waals surface area contributed by atoms with E-state index in [-0.39, 0.29) is 30.8 Å². The number of anilines is 1. The van der Waals surface area contributed by atoms with Crippen LogP contribution in [0.5, 0.6) is 5.75 Å². The average molecular weight is 369 g/mol. The maximum Gasteiger partial charge on any atom is 0.224 e. The number of amides is 2. The van der Waals surface area contributed by atoms with E-state index in [4.69, 9.17) is 4.74 Å². The fraction of sp³-hybridized carbons (Fsp3) is 0.381. The van der Waals surface area contributed by atoms with Gasteiger partial charge in [-0.05, 0) is 36.6 Å². The second-order valence-electron chi connectivity index (χ2n) is 6.71. The Balaban J connectivity index is 1.71. The van der Waals surface area contributed by atoms with Crippen molar-refractivity contribution in [2.45, 2.75) is 45.6 Å². The Morgan fingerprint density at radius 2 is 1.78 bits per heavy atom. The number of carbonyl (C=O) groups is 2. The molecular weight excluding hydrogens is 342 g/mol. The van der Waals surface area contributed by atoms with Crippen molar-refractivity contribution < 1.29 is 14.3 Å². The van der Waals surface area contributed by atoms with Gasteiger partial charge in [0.2, 0.25) is 11.8 Å². The summed E-state index contributed by atoms with van der Waals surface area (Å²) >= 11 is 0. The zero-order valence-corrected chi connectivity index (χ0v) is 16.1. The predicted molar refractivity (Wildman–Crippen MR) is 106 cm³/mol. The Bertz CT molecular complexity index is 747. The van der Waals surface area contributed by atoms with E-state index in [2.05, 4.69) is 29.5 Å². The summed E-state index contributed by atoms with van der Waals surface area (Å²) in [6, 6.07) is 11.3.